The average Bonchev–Trinajstić information content (AvgIpc) is 3.06. The minimum absolute atomic E-state index is 0.211. The molecule has 0 aromatic rings. The van der Waals surface area contributed by atoms with Gasteiger partial charge in [-0.15, -0.1) is 0 Å². The maximum absolute atomic E-state index is 10.9. The predicted molar refractivity (Wildman–Crippen MR) is 61.3 cm³/mol. The highest BCUT2D eigenvalue weighted by Gasteiger charge is 2.26. The van der Waals surface area contributed by atoms with Crippen LogP contribution in [0.1, 0.15) is 19.3 Å². The molecule has 1 aliphatic carbocycles. The molecule has 4 nitrogen and oxygen atoms in total. The van der Waals surface area contributed by atoms with Crippen LogP contribution in [0.25, 0.3) is 0 Å². The van der Waals surface area contributed by atoms with Gasteiger partial charge in [0.05, 0.1) is 4.92 Å². The molecule has 0 spiro atoms. The van der Waals surface area contributed by atoms with Gasteiger partial charge < -0.3 is 4.79 Å². The molecule has 0 aliphatic heterocycles. The lowest BCUT2D eigenvalue weighted by Gasteiger charge is -2.09. The van der Waals surface area contributed by atoms with Crippen molar-refractivity contribution in [2.45, 2.75) is 19.3 Å². The Morgan fingerprint density at radius 2 is 2.19 bits per heavy atom. The topological polar surface area (TPSA) is 60.2 Å². The van der Waals surface area contributed by atoms with Crippen LogP contribution in [0.4, 0.5) is 0 Å². The third-order valence-corrected chi connectivity index (χ3v) is 2.68. The number of hydrogen-bond acceptors (Lipinski definition) is 3. The maximum Gasteiger partial charge on any atom is 0.262 e. The van der Waals surface area contributed by atoms with Gasteiger partial charge in [0.15, 0.2) is 0 Å². The average molecular weight is 221 g/mol. The third kappa shape index (κ3) is 3.46. The maximum atomic E-state index is 10.9. The van der Waals surface area contributed by atoms with Crippen LogP contribution in [-0.2, 0) is 4.79 Å². The van der Waals surface area contributed by atoms with Crippen molar-refractivity contribution in [2.24, 2.45) is 11.8 Å². The largest absolute Gasteiger partial charge is 0.303 e. The fourth-order valence-corrected chi connectivity index (χ4v) is 1.55. The first-order valence-corrected chi connectivity index (χ1v) is 5.21. The first kappa shape index (κ1) is 12.4. The monoisotopic (exact) mass is 221 g/mol. The Labute approximate surface area is 94.5 Å². The summed E-state index contributed by atoms with van der Waals surface area (Å²) >= 11 is 0. The number of nitro groups is 1. The second kappa shape index (κ2) is 5.39. The van der Waals surface area contributed by atoms with Gasteiger partial charge >= 0.3 is 0 Å². The molecule has 0 N–H and O–H groups in total. The number of allylic oxidation sites excluding steroid dienone is 3. The van der Waals surface area contributed by atoms with E-state index in [9.17, 15) is 14.9 Å². The molecule has 1 rings (SSSR count). The van der Waals surface area contributed by atoms with E-state index in [1.807, 2.05) is 0 Å². The van der Waals surface area contributed by atoms with Gasteiger partial charge in [0.2, 0.25) is 0 Å². The second-order valence-corrected chi connectivity index (χ2v) is 4.02. The fraction of sp³-hybridized carbons (Fsp3) is 0.417. The van der Waals surface area contributed by atoms with Crippen LogP contribution in [0.2, 0.25) is 0 Å². The van der Waals surface area contributed by atoms with Gasteiger partial charge in [-0.25, -0.2) is 0 Å². The van der Waals surface area contributed by atoms with Gasteiger partial charge in [-0.2, -0.15) is 0 Å². The van der Waals surface area contributed by atoms with E-state index >= 15 is 0 Å². The summed E-state index contributed by atoms with van der Waals surface area (Å²) in [6.07, 6.45) is 6.70. The Kier molecular flexibility index (Phi) is 4.17. The Bertz CT molecular complexity index is 353. The molecule has 16 heavy (non-hydrogen) atoms. The summed E-state index contributed by atoms with van der Waals surface area (Å²) in [5, 5.41) is 10.4. The summed E-state index contributed by atoms with van der Waals surface area (Å²) in [6, 6.07) is 0. The molecule has 0 aromatic carbocycles. The molecule has 0 heterocycles. The van der Waals surface area contributed by atoms with E-state index in [0.29, 0.717) is 11.5 Å². The molecule has 0 radical (unpaired) electrons. The van der Waals surface area contributed by atoms with Crippen LogP contribution in [0, 0.1) is 22.0 Å². The van der Waals surface area contributed by atoms with Gasteiger partial charge in [0.25, 0.3) is 5.70 Å². The lowest BCUT2D eigenvalue weighted by molar-refractivity contribution is -0.418. The van der Waals surface area contributed by atoms with Crippen LogP contribution < -0.4 is 0 Å². The molecular formula is C12H15NO3. The van der Waals surface area contributed by atoms with Gasteiger partial charge in [-0.05, 0) is 24.5 Å². The van der Waals surface area contributed by atoms with E-state index in [1.165, 1.54) is 12.2 Å². The van der Waals surface area contributed by atoms with Crippen molar-refractivity contribution in [3.8, 4) is 0 Å². The van der Waals surface area contributed by atoms with Crippen LogP contribution in [0.15, 0.2) is 36.6 Å². The highest BCUT2D eigenvalue weighted by molar-refractivity contribution is 5.61. The Balaban J connectivity index is 2.75. The Morgan fingerprint density at radius 3 is 2.56 bits per heavy atom. The molecule has 0 bridgehead atoms. The zero-order chi connectivity index (χ0) is 12.1. The first-order chi connectivity index (χ1) is 7.58. The van der Waals surface area contributed by atoms with Crippen molar-refractivity contribution in [3.05, 3.63) is 46.7 Å². The molecule has 1 unspecified atom stereocenters. The van der Waals surface area contributed by atoms with Crippen LogP contribution >= 0.6 is 0 Å². The number of carbonyl (C=O) groups is 1. The molecule has 0 amide bonds. The molecule has 0 saturated heterocycles. The fourth-order valence-electron chi connectivity index (χ4n) is 1.55. The van der Waals surface area contributed by atoms with E-state index in [4.69, 9.17) is 0 Å². The standard InChI is InChI=1S/C12H15NO3/c1-3-11(6-9(2)13(15)16)12(8-14)7-10-4-5-10/h3,6,8,10,12H,1-2,4-5,7H2/b11-6+. The quantitative estimate of drug-likeness (QED) is 0.287. The molecule has 86 valence electrons. The van der Waals surface area contributed by atoms with Crippen molar-refractivity contribution in [2.75, 3.05) is 0 Å². The van der Waals surface area contributed by atoms with Gasteiger partial charge in [0, 0.05) is 12.0 Å². The van der Waals surface area contributed by atoms with Crippen LogP contribution in [-0.4, -0.2) is 11.2 Å². The number of hydrogen-bond donors (Lipinski definition) is 0. The first-order valence-electron chi connectivity index (χ1n) is 5.21. The zero-order valence-corrected chi connectivity index (χ0v) is 9.09. The smallest absolute Gasteiger partial charge is 0.262 e. The Morgan fingerprint density at radius 1 is 1.56 bits per heavy atom. The number of rotatable bonds is 7. The summed E-state index contributed by atoms with van der Waals surface area (Å²) in [5.74, 6) is 0.295. The number of nitrogens with zero attached hydrogens (tertiary/aromatic N) is 1. The van der Waals surface area contributed by atoms with Gasteiger partial charge in [-0.1, -0.05) is 25.5 Å². The molecule has 4 heteroatoms. The van der Waals surface area contributed by atoms with Crippen molar-refractivity contribution >= 4 is 6.29 Å². The second-order valence-electron chi connectivity index (χ2n) is 4.02. The zero-order valence-electron chi connectivity index (χ0n) is 9.09. The van der Waals surface area contributed by atoms with E-state index in [-0.39, 0.29) is 11.6 Å². The molecular weight excluding hydrogens is 206 g/mol. The van der Waals surface area contributed by atoms with E-state index in [1.54, 1.807) is 0 Å². The molecule has 0 aromatic heterocycles. The summed E-state index contributed by atoms with van der Waals surface area (Å²) in [7, 11) is 0. The minimum Gasteiger partial charge on any atom is -0.303 e. The highest BCUT2D eigenvalue weighted by atomic mass is 16.6. The summed E-state index contributed by atoms with van der Waals surface area (Å²) in [5.41, 5.74) is 0.376. The van der Waals surface area contributed by atoms with E-state index < -0.39 is 4.92 Å². The van der Waals surface area contributed by atoms with Crippen LogP contribution in [0.5, 0.6) is 0 Å². The molecule has 1 atom stereocenters. The lowest BCUT2D eigenvalue weighted by atomic mass is 9.94. The Hall–Kier alpha value is -1.71. The SMILES string of the molecule is C=C/C(=C\C(=C)[N+](=O)[O-])C(C=O)CC1CC1. The minimum atomic E-state index is -0.567. The van der Waals surface area contributed by atoms with Gasteiger partial charge in [0.1, 0.15) is 6.29 Å². The molecule has 1 saturated carbocycles. The summed E-state index contributed by atoms with van der Waals surface area (Å²) in [6.45, 7) is 6.89. The lowest BCUT2D eigenvalue weighted by Crippen LogP contribution is -2.07. The van der Waals surface area contributed by atoms with E-state index in [2.05, 4.69) is 13.2 Å². The molecule has 1 aliphatic rings. The van der Waals surface area contributed by atoms with Crippen molar-refractivity contribution in [1.29, 1.82) is 0 Å². The van der Waals surface area contributed by atoms with Crippen molar-refractivity contribution in [3.63, 3.8) is 0 Å². The van der Waals surface area contributed by atoms with Gasteiger partial charge in [-0.3, -0.25) is 10.1 Å². The summed E-state index contributed by atoms with van der Waals surface area (Å²) in [4.78, 5) is 20.8. The van der Waals surface area contributed by atoms with Crippen LogP contribution in [0.3, 0.4) is 0 Å². The van der Waals surface area contributed by atoms with E-state index in [0.717, 1.165) is 25.5 Å². The van der Waals surface area contributed by atoms with Crippen molar-refractivity contribution in [1.82, 2.24) is 0 Å². The normalized spacial score (nSPS) is 17.6. The number of aldehydes is 1. The van der Waals surface area contributed by atoms with Crippen molar-refractivity contribution < 1.29 is 9.72 Å². The highest BCUT2D eigenvalue weighted by Crippen LogP contribution is 2.37. The molecule has 1 fully saturated rings. The predicted octanol–water partition coefficient (Wildman–Crippen LogP) is 2.50. The summed E-state index contributed by atoms with van der Waals surface area (Å²) < 4.78 is 0. The number of carbonyl (C=O) groups excluding carboxylic acids is 1. The third-order valence-electron chi connectivity index (χ3n) is 2.68.